The third-order valence-corrected chi connectivity index (χ3v) is 3.12. The summed E-state index contributed by atoms with van der Waals surface area (Å²) >= 11 is 3.44. The Bertz CT molecular complexity index is 523. The molecule has 1 aromatic carbocycles. The van der Waals surface area contributed by atoms with Crippen LogP contribution in [-0.4, -0.2) is 16.5 Å². The van der Waals surface area contributed by atoms with Crippen molar-refractivity contribution in [1.29, 1.82) is 0 Å². The zero-order valence-corrected chi connectivity index (χ0v) is 12.2. The molecule has 4 heteroatoms. The van der Waals surface area contributed by atoms with E-state index < -0.39 is 0 Å². The average Bonchev–Trinajstić information content (AvgIpc) is 2.39. The molecule has 18 heavy (non-hydrogen) atoms. The standard InChI is InChI=1S/C14H16BrN3/c1-3-13-17-12(9-14(18-13)16-4-2)10-5-7-11(15)8-6-10/h5-9H,3-4H2,1-2H3,(H,16,17,18). The second-order valence-electron chi connectivity index (χ2n) is 3.95. The maximum Gasteiger partial charge on any atom is 0.131 e. The molecule has 0 aliphatic rings. The Morgan fingerprint density at radius 3 is 2.44 bits per heavy atom. The van der Waals surface area contributed by atoms with Crippen LogP contribution in [0.4, 0.5) is 5.82 Å². The monoisotopic (exact) mass is 305 g/mol. The van der Waals surface area contributed by atoms with Crippen molar-refractivity contribution in [3.05, 3.63) is 40.6 Å². The minimum atomic E-state index is 0.836. The van der Waals surface area contributed by atoms with Crippen molar-refractivity contribution in [2.45, 2.75) is 20.3 Å². The van der Waals surface area contributed by atoms with Gasteiger partial charge in [-0.25, -0.2) is 9.97 Å². The van der Waals surface area contributed by atoms with Crippen molar-refractivity contribution in [3.8, 4) is 11.3 Å². The topological polar surface area (TPSA) is 37.8 Å². The van der Waals surface area contributed by atoms with Gasteiger partial charge in [0.25, 0.3) is 0 Å². The van der Waals surface area contributed by atoms with Crippen molar-refractivity contribution in [1.82, 2.24) is 9.97 Å². The first-order valence-electron chi connectivity index (χ1n) is 6.10. The van der Waals surface area contributed by atoms with Gasteiger partial charge in [0.2, 0.25) is 0 Å². The van der Waals surface area contributed by atoms with Gasteiger partial charge in [-0.05, 0) is 19.1 Å². The molecule has 0 unspecified atom stereocenters. The molecular weight excluding hydrogens is 290 g/mol. The molecule has 0 bridgehead atoms. The summed E-state index contributed by atoms with van der Waals surface area (Å²) in [5, 5.41) is 3.24. The lowest BCUT2D eigenvalue weighted by atomic mass is 10.1. The maximum atomic E-state index is 4.57. The normalized spacial score (nSPS) is 10.4. The summed E-state index contributed by atoms with van der Waals surface area (Å²) in [6.45, 7) is 4.99. The van der Waals surface area contributed by atoms with Gasteiger partial charge in [0, 0.05) is 29.1 Å². The molecule has 0 spiro atoms. The summed E-state index contributed by atoms with van der Waals surface area (Å²) in [5.74, 6) is 1.76. The van der Waals surface area contributed by atoms with Crippen molar-refractivity contribution < 1.29 is 0 Å². The maximum absolute atomic E-state index is 4.57. The number of aryl methyl sites for hydroxylation is 1. The number of nitrogens with zero attached hydrogens (tertiary/aromatic N) is 2. The van der Waals surface area contributed by atoms with Crippen LogP contribution in [0.5, 0.6) is 0 Å². The number of hydrogen-bond donors (Lipinski definition) is 1. The number of hydrogen-bond acceptors (Lipinski definition) is 3. The Kier molecular flexibility index (Phi) is 4.31. The Morgan fingerprint density at radius 2 is 1.83 bits per heavy atom. The first kappa shape index (κ1) is 13.0. The summed E-state index contributed by atoms with van der Waals surface area (Å²) < 4.78 is 1.07. The van der Waals surface area contributed by atoms with E-state index in [1.54, 1.807) is 0 Å². The SMILES string of the molecule is CCNc1cc(-c2ccc(Br)cc2)nc(CC)n1. The van der Waals surface area contributed by atoms with Crippen LogP contribution in [0.2, 0.25) is 0 Å². The number of halogens is 1. The number of nitrogens with one attached hydrogen (secondary N) is 1. The largest absolute Gasteiger partial charge is 0.370 e. The highest BCUT2D eigenvalue weighted by molar-refractivity contribution is 9.10. The molecule has 1 aromatic heterocycles. The number of aromatic nitrogens is 2. The van der Waals surface area contributed by atoms with E-state index in [4.69, 9.17) is 0 Å². The van der Waals surface area contributed by atoms with Crippen LogP contribution in [0.25, 0.3) is 11.3 Å². The first-order chi connectivity index (χ1) is 8.72. The van der Waals surface area contributed by atoms with Crippen LogP contribution in [0.3, 0.4) is 0 Å². The fraction of sp³-hybridized carbons (Fsp3) is 0.286. The molecule has 0 saturated carbocycles. The number of anilines is 1. The number of benzene rings is 1. The molecule has 0 atom stereocenters. The van der Waals surface area contributed by atoms with Crippen LogP contribution < -0.4 is 5.32 Å². The predicted octanol–water partition coefficient (Wildman–Crippen LogP) is 3.90. The second-order valence-corrected chi connectivity index (χ2v) is 4.86. The number of rotatable bonds is 4. The van der Waals surface area contributed by atoms with Gasteiger partial charge in [-0.3, -0.25) is 0 Å². The quantitative estimate of drug-likeness (QED) is 0.931. The predicted molar refractivity (Wildman–Crippen MR) is 78.7 cm³/mol. The van der Waals surface area contributed by atoms with E-state index in [1.165, 1.54) is 0 Å². The molecule has 1 heterocycles. The molecule has 0 radical (unpaired) electrons. The van der Waals surface area contributed by atoms with Crippen LogP contribution in [0, 0.1) is 0 Å². The lowest BCUT2D eigenvalue weighted by molar-refractivity contribution is 0.939. The van der Waals surface area contributed by atoms with Gasteiger partial charge in [0.05, 0.1) is 5.69 Å². The van der Waals surface area contributed by atoms with Crippen LogP contribution in [-0.2, 0) is 6.42 Å². The van der Waals surface area contributed by atoms with Crippen molar-refractivity contribution >= 4 is 21.7 Å². The van der Waals surface area contributed by atoms with E-state index in [9.17, 15) is 0 Å². The van der Waals surface area contributed by atoms with Gasteiger partial charge in [-0.2, -0.15) is 0 Å². The van der Waals surface area contributed by atoms with Gasteiger partial charge >= 0.3 is 0 Å². The molecule has 94 valence electrons. The van der Waals surface area contributed by atoms with E-state index in [-0.39, 0.29) is 0 Å². The summed E-state index contributed by atoms with van der Waals surface area (Å²) in [4.78, 5) is 9.02. The molecule has 0 fully saturated rings. The Morgan fingerprint density at radius 1 is 1.11 bits per heavy atom. The first-order valence-corrected chi connectivity index (χ1v) is 6.90. The lowest BCUT2D eigenvalue weighted by Gasteiger charge is -2.08. The fourth-order valence-electron chi connectivity index (χ4n) is 1.70. The van der Waals surface area contributed by atoms with E-state index >= 15 is 0 Å². The summed E-state index contributed by atoms with van der Waals surface area (Å²) in [6, 6.07) is 10.2. The zero-order chi connectivity index (χ0) is 13.0. The summed E-state index contributed by atoms with van der Waals surface area (Å²) in [7, 11) is 0. The molecule has 0 amide bonds. The van der Waals surface area contributed by atoms with Gasteiger partial charge in [0.1, 0.15) is 11.6 Å². The van der Waals surface area contributed by atoms with Crippen LogP contribution in [0.1, 0.15) is 19.7 Å². The van der Waals surface area contributed by atoms with E-state index in [2.05, 4.69) is 57.2 Å². The third kappa shape index (κ3) is 3.07. The second kappa shape index (κ2) is 5.96. The molecule has 1 N–H and O–H groups in total. The summed E-state index contributed by atoms with van der Waals surface area (Å²) in [6.07, 6.45) is 0.836. The van der Waals surface area contributed by atoms with Crippen molar-refractivity contribution in [2.24, 2.45) is 0 Å². The molecule has 2 rings (SSSR count). The molecular formula is C14H16BrN3. The summed E-state index contributed by atoms with van der Waals surface area (Å²) in [5.41, 5.74) is 2.07. The highest BCUT2D eigenvalue weighted by Gasteiger charge is 2.05. The van der Waals surface area contributed by atoms with Crippen LogP contribution in [0.15, 0.2) is 34.8 Å². The molecule has 0 saturated heterocycles. The third-order valence-electron chi connectivity index (χ3n) is 2.59. The molecule has 0 aliphatic heterocycles. The molecule has 3 nitrogen and oxygen atoms in total. The van der Waals surface area contributed by atoms with Gasteiger partial charge in [-0.1, -0.05) is 35.0 Å². The highest BCUT2D eigenvalue weighted by atomic mass is 79.9. The lowest BCUT2D eigenvalue weighted by Crippen LogP contribution is -2.04. The minimum Gasteiger partial charge on any atom is -0.370 e. The average molecular weight is 306 g/mol. The Balaban J connectivity index is 2.42. The van der Waals surface area contributed by atoms with Crippen molar-refractivity contribution in [3.63, 3.8) is 0 Å². The van der Waals surface area contributed by atoms with E-state index in [1.807, 2.05) is 18.2 Å². The minimum absolute atomic E-state index is 0.836. The van der Waals surface area contributed by atoms with Gasteiger partial charge in [-0.15, -0.1) is 0 Å². The Hall–Kier alpha value is -1.42. The molecule has 0 aliphatic carbocycles. The zero-order valence-electron chi connectivity index (χ0n) is 10.6. The van der Waals surface area contributed by atoms with E-state index in [0.29, 0.717) is 0 Å². The Labute approximate surface area is 116 Å². The van der Waals surface area contributed by atoms with E-state index in [0.717, 1.165) is 40.3 Å². The van der Waals surface area contributed by atoms with Gasteiger partial charge < -0.3 is 5.32 Å². The van der Waals surface area contributed by atoms with Crippen LogP contribution >= 0.6 is 15.9 Å². The fourth-order valence-corrected chi connectivity index (χ4v) is 1.96. The van der Waals surface area contributed by atoms with Gasteiger partial charge in [0.15, 0.2) is 0 Å². The molecule has 2 aromatic rings. The smallest absolute Gasteiger partial charge is 0.131 e. The van der Waals surface area contributed by atoms with Crippen molar-refractivity contribution in [2.75, 3.05) is 11.9 Å². The highest BCUT2D eigenvalue weighted by Crippen LogP contribution is 2.22.